The molecule has 298 valence electrons. The Labute approximate surface area is 334 Å². The van der Waals surface area contributed by atoms with Gasteiger partial charge in [-0.2, -0.15) is 0 Å². The molecule has 0 spiro atoms. The van der Waals surface area contributed by atoms with Crippen LogP contribution >= 0.6 is 0 Å². The zero-order chi connectivity index (χ0) is 41.2. The highest BCUT2D eigenvalue weighted by Gasteiger charge is 2.31. The van der Waals surface area contributed by atoms with Crippen molar-refractivity contribution >= 4 is 51.1 Å². The van der Waals surface area contributed by atoms with Crippen molar-refractivity contribution in [3.8, 4) is 28.7 Å². The van der Waals surface area contributed by atoms with Gasteiger partial charge in [-0.05, 0) is 78.1 Å². The monoisotopic (exact) mass is 783 g/mol. The lowest BCUT2D eigenvalue weighted by molar-refractivity contribution is -0.136. The Kier molecular flexibility index (Phi) is 10.9. The summed E-state index contributed by atoms with van der Waals surface area (Å²) in [5, 5.41) is 4.54. The number of aromatic nitrogens is 3. The number of benzene rings is 3. The summed E-state index contributed by atoms with van der Waals surface area (Å²) in [5.41, 5.74) is 12.1. The molecule has 6 N–H and O–H groups in total. The van der Waals surface area contributed by atoms with Crippen LogP contribution in [0.5, 0.6) is 5.75 Å². The van der Waals surface area contributed by atoms with Crippen molar-refractivity contribution < 1.29 is 23.9 Å². The minimum atomic E-state index is -0.806. The first-order valence-corrected chi connectivity index (χ1v) is 18.9. The third-order valence-corrected chi connectivity index (χ3v) is 10.6. The number of nitrogens with two attached hydrogens (primary N) is 2. The lowest BCUT2D eigenvalue weighted by Gasteiger charge is -2.28. The molecule has 0 saturated carbocycles. The number of fused-ring (bicyclic) bond motifs is 2. The van der Waals surface area contributed by atoms with Crippen molar-refractivity contribution in [2.75, 3.05) is 40.8 Å². The van der Waals surface area contributed by atoms with Gasteiger partial charge in [0.05, 0.1) is 23.7 Å². The molecule has 0 aliphatic carbocycles. The molecule has 2 aromatic heterocycles. The maximum atomic E-state index is 13.4. The summed E-state index contributed by atoms with van der Waals surface area (Å²) < 4.78 is 8.87. The van der Waals surface area contributed by atoms with Crippen molar-refractivity contribution in [2.24, 2.45) is 18.6 Å². The summed E-state index contributed by atoms with van der Waals surface area (Å²) in [5.74, 6) is 11.8. The number of hydrogen-bond donors (Lipinski definition) is 4. The molecule has 15 nitrogen and oxygen atoms in total. The highest BCUT2D eigenvalue weighted by Crippen LogP contribution is 2.39. The fraction of sp³-hybridized carbons (Fsp3) is 0.279. The van der Waals surface area contributed by atoms with Crippen LogP contribution in [-0.2, 0) is 21.4 Å². The second kappa shape index (κ2) is 16.2. The van der Waals surface area contributed by atoms with Gasteiger partial charge < -0.3 is 30.3 Å². The number of carbonyl (C=O) groups is 4. The van der Waals surface area contributed by atoms with Crippen LogP contribution in [0.4, 0.5) is 0 Å². The Morgan fingerprint density at radius 1 is 1.05 bits per heavy atom. The van der Waals surface area contributed by atoms with Crippen LogP contribution in [-0.4, -0.2) is 93.4 Å². The standard InChI is InChI=1S/C43H45N9O6/c1-48(2)42(56)34-24-32-31(22-29(23-33(32)46-34)28-8-6-18-50(25-28)39(54)16-19-51(45)20-17-44)30-13-11-26(21-37(30)58-4)10-12-27-7-5-9-35-40(27)49(3)43(57)52(35)36-14-15-38(53)47-41(36)55/h5,7-9,11,13,17,20-24,36,46H,6,14-16,18-19,25,44-45H2,1-4H3,(H,47,53,55)/b20-17-. The van der Waals surface area contributed by atoms with Gasteiger partial charge in [0.25, 0.3) is 5.91 Å². The number of nitrogens with one attached hydrogen (secondary N) is 2. The number of para-hydroxylation sites is 1. The first kappa shape index (κ1) is 39.2. The molecule has 1 atom stereocenters. The zero-order valence-electron chi connectivity index (χ0n) is 32.8. The summed E-state index contributed by atoms with van der Waals surface area (Å²) in [6, 6.07) is 16.1. The highest BCUT2D eigenvalue weighted by atomic mass is 16.5. The van der Waals surface area contributed by atoms with Crippen LogP contribution < -0.4 is 27.3 Å². The van der Waals surface area contributed by atoms with Crippen LogP contribution in [0, 0.1) is 11.8 Å². The predicted octanol–water partition coefficient (Wildman–Crippen LogP) is 3.19. The Balaban J connectivity index is 1.25. The number of aromatic amines is 1. The molecular weight excluding hydrogens is 739 g/mol. The SMILES string of the molecule is COc1cc(C#Cc2cccc3c2n(C)c(=O)n3C2CCC(=O)NC2=O)ccc1-c1cc(C2=CCCN(C(=O)CCN(N)/C=C\N)C2)cc2[nH]c(C(=O)N(C)C)cc12. The number of aryl methyl sites for hydroxylation is 1. The van der Waals surface area contributed by atoms with Gasteiger partial charge in [0.2, 0.25) is 17.7 Å². The number of hydrogen-bond acceptors (Lipinski definition) is 9. The lowest BCUT2D eigenvalue weighted by Crippen LogP contribution is -2.44. The molecule has 4 heterocycles. The average Bonchev–Trinajstić information content (AvgIpc) is 3.76. The van der Waals surface area contributed by atoms with Gasteiger partial charge >= 0.3 is 5.69 Å². The number of piperidine rings is 1. The van der Waals surface area contributed by atoms with E-state index in [1.807, 2.05) is 41.3 Å². The van der Waals surface area contributed by atoms with E-state index in [0.717, 1.165) is 33.2 Å². The van der Waals surface area contributed by atoms with Crippen molar-refractivity contribution in [2.45, 2.75) is 31.7 Å². The number of rotatable bonds is 9. The summed E-state index contributed by atoms with van der Waals surface area (Å²) in [6.07, 6.45) is 6.27. The Morgan fingerprint density at radius 2 is 1.86 bits per heavy atom. The number of amides is 4. The first-order valence-electron chi connectivity index (χ1n) is 18.9. The van der Waals surface area contributed by atoms with E-state index >= 15 is 0 Å². The van der Waals surface area contributed by atoms with Crippen LogP contribution in [0.3, 0.4) is 0 Å². The average molecular weight is 784 g/mol. The third-order valence-electron chi connectivity index (χ3n) is 10.6. The van der Waals surface area contributed by atoms with E-state index in [1.54, 1.807) is 40.4 Å². The van der Waals surface area contributed by atoms with E-state index in [4.69, 9.17) is 16.3 Å². The topological polar surface area (TPSA) is 194 Å². The van der Waals surface area contributed by atoms with Gasteiger partial charge in [-0.25, -0.2) is 10.6 Å². The molecule has 5 aromatic rings. The molecule has 1 fully saturated rings. The van der Waals surface area contributed by atoms with Crippen molar-refractivity contribution in [1.29, 1.82) is 0 Å². The van der Waals surface area contributed by atoms with Gasteiger partial charge in [0.15, 0.2) is 0 Å². The van der Waals surface area contributed by atoms with Gasteiger partial charge in [-0.1, -0.05) is 24.0 Å². The van der Waals surface area contributed by atoms with Crippen LogP contribution in [0.1, 0.15) is 58.9 Å². The molecule has 1 saturated heterocycles. The molecular formula is C43H45N9O6. The van der Waals surface area contributed by atoms with E-state index in [9.17, 15) is 24.0 Å². The smallest absolute Gasteiger partial charge is 0.329 e. The minimum absolute atomic E-state index is 0.0183. The van der Waals surface area contributed by atoms with Crippen molar-refractivity contribution in [3.63, 3.8) is 0 Å². The summed E-state index contributed by atoms with van der Waals surface area (Å²) in [7, 11) is 6.62. The van der Waals surface area contributed by atoms with Crippen LogP contribution in [0.25, 0.3) is 38.6 Å². The van der Waals surface area contributed by atoms with Gasteiger partial charge in [0, 0.05) is 88.0 Å². The molecule has 15 heteroatoms. The van der Waals surface area contributed by atoms with Crippen molar-refractivity contribution in [3.05, 3.63) is 106 Å². The van der Waals surface area contributed by atoms with E-state index in [-0.39, 0.29) is 42.7 Å². The summed E-state index contributed by atoms with van der Waals surface area (Å²) in [6.45, 7) is 1.33. The number of imide groups is 1. The second-order valence-electron chi connectivity index (χ2n) is 14.5. The minimum Gasteiger partial charge on any atom is -0.496 e. The van der Waals surface area contributed by atoms with Crippen molar-refractivity contribution in [1.82, 2.24) is 34.2 Å². The number of ether oxygens (including phenoxy) is 1. The predicted molar refractivity (Wildman–Crippen MR) is 221 cm³/mol. The number of imidazole rings is 1. The number of carbonyl (C=O) groups excluding carboxylic acids is 4. The molecule has 0 bridgehead atoms. The van der Waals surface area contributed by atoms with Gasteiger partial charge in [-0.3, -0.25) is 33.6 Å². The normalized spacial score (nSPS) is 15.6. The van der Waals surface area contributed by atoms with Gasteiger partial charge in [-0.15, -0.1) is 0 Å². The lowest BCUT2D eigenvalue weighted by atomic mass is 9.93. The Morgan fingerprint density at radius 3 is 2.60 bits per heavy atom. The Hall–Kier alpha value is -7.05. The molecule has 4 amide bonds. The number of methoxy groups -OCH3 is 1. The summed E-state index contributed by atoms with van der Waals surface area (Å²) in [4.78, 5) is 71.0. The molecule has 58 heavy (non-hydrogen) atoms. The third kappa shape index (κ3) is 7.57. The van der Waals surface area contributed by atoms with E-state index < -0.39 is 11.9 Å². The molecule has 7 rings (SSSR count). The molecule has 1 unspecified atom stereocenters. The van der Waals surface area contributed by atoms with E-state index in [0.29, 0.717) is 59.7 Å². The maximum Gasteiger partial charge on any atom is 0.329 e. The van der Waals surface area contributed by atoms with E-state index in [2.05, 4.69) is 34.3 Å². The van der Waals surface area contributed by atoms with Crippen LogP contribution in [0.15, 0.2) is 77.9 Å². The number of hydrazine groups is 1. The molecule has 2 aliphatic heterocycles. The second-order valence-corrected chi connectivity index (χ2v) is 14.5. The van der Waals surface area contributed by atoms with E-state index in [1.165, 1.54) is 31.4 Å². The molecule has 2 aliphatic rings. The first-order chi connectivity index (χ1) is 27.9. The fourth-order valence-electron chi connectivity index (χ4n) is 7.64. The quantitative estimate of drug-likeness (QED) is 0.0752. The Bertz CT molecular complexity index is 2670. The summed E-state index contributed by atoms with van der Waals surface area (Å²) >= 11 is 0. The maximum absolute atomic E-state index is 13.4. The highest BCUT2D eigenvalue weighted by molar-refractivity contribution is 6.05. The number of H-pyrrole nitrogens is 1. The number of nitrogens with zero attached hydrogens (tertiary/aromatic N) is 5. The largest absolute Gasteiger partial charge is 0.496 e. The van der Waals surface area contributed by atoms with Gasteiger partial charge in [0.1, 0.15) is 17.5 Å². The zero-order valence-corrected chi connectivity index (χ0v) is 32.8. The van der Waals surface area contributed by atoms with Crippen LogP contribution in [0.2, 0.25) is 0 Å². The molecule has 3 aromatic carbocycles. The molecule has 0 radical (unpaired) electrons. The fourth-order valence-corrected chi connectivity index (χ4v) is 7.64.